The molecule has 0 saturated carbocycles. The zero-order valence-electron chi connectivity index (χ0n) is 16.9. The van der Waals surface area contributed by atoms with Gasteiger partial charge in [-0.05, 0) is 30.4 Å². The van der Waals surface area contributed by atoms with Gasteiger partial charge in [0.25, 0.3) is 0 Å². The van der Waals surface area contributed by atoms with E-state index in [4.69, 9.17) is 14.9 Å². The highest BCUT2D eigenvalue weighted by Crippen LogP contribution is 2.38. The largest absolute Gasteiger partial charge is 0.452 e. The van der Waals surface area contributed by atoms with Crippen molar-refractivity contribution in [2.45, 2.75) is 18.9 Å². The molecule has 0 amide bonds. The minimum Gasteiger partial charge on any atom is -0.452 e. The molecule has 0 radical (unpaired) electrons. The number of furan rings is 1. The highest BCUT2D eigenvalue weighted by Gasteiger charge is 2.20. The van der Waals surface area contributed by atoms with E-state index in [0.29, 0.717) is 17.4 Å². The third-order valence-corrected chi connectivity index (χ3v) is 6.01. The van der Waals surface area contributed by atoms with E-state index < -0.39 is 0 Å². The van der Waals surface area contributed by atoms with Gasteiger partial charge in [-0.3, -0.25) is 9.67 Å². The van der Waals surface area contributed by atoms with Gasteiger partial charge in [0.2, 0.25) is 0 Å². The lowest BCUT2D eigenvalue weighted by Crippen LogP contribution is -2.19. The van der Waals surface area contributed by atoms with Gasteiger partial charge in [-0.25, -0.2) is 4.98 Å². The van der Waals surface area contributed by atoms with Gasteiger partial charge in [0.15, 0.2) is 11.4 Å². The molecule has 7 nitrogen and oxygen atoms in total. The summed E-state index contributed by atoms with van der Waals surface area (Å²) in [6.45, 7) is 1.55. The van der Waals surface area contributed by atoms with Crippen LogP contribution in [-0.2, 0) is 4.74 Å². The summed E-state index contributed by atoms with van der Waals surface area (Å²) in [7, 11) is 0. The fraction of sp³-hybridized carbons (Fsp3) is 0.208. The van der Waals surface area contributed by atoms with Crippen LogP contribution < -0.4 is 5.73 Å². The van der Waals surface area contributed by atoms with Crippen molar-refractivity contribution in [2.24, 2.45) is 0 Å². The Balaban J connectivity index is 1.48. The van der Waals surface area contributed by atoms with Crippen LogP contribution in [0.5, 0.6) is 0 Å². The van der Waals surface area contributed by atoms with E-state index in [1.165, 1.54) is 0 Å². The lowest BCUT2D eigenvalue weighted by atomic mass is 10.0. The fourth-order valence-corrected chi connectivity index (χ4v) is 4.37. The van der Waals surface area contributed by atoms with Crippen LogP contribution in [0, 0.1) is 0 Å². The zero-order valence-corrected chi connectivity index (χ0v) is 16.9. The van der Waals surface area contributed by atoms with Gasteiger partial charge >= 0.3 is 0 Å². The summed E-state index contributed by atoms with van der Waals surface area (Å²) in [5.41, 5.74) is 9.73. The quantitative estimate of drug-likeness (QED) is 0.457. The standard InChI is InChI=1S/C24H21N5O2/c25-24-23-20(10-22(31-23)19-3-1-2-15-11-26-7-4-18(15)19)21(13-27-24)16-12-28-29(14-16)17-5-8-30-9-6-17/h1-4,7,10-14,17H,5-6,8-9H2,(H2,25,27). The molecule has 0 atom stereocenters. The Morgan fingerprint density at radius 2 is 1.90 bits per heavy atom. The number of nitrogens with two attached hydrogens (primary N) is 1. The van der Waals surface area contributed by atoms with Crippen LogP contribution in [0.3, 0.4) is 0 Å². The van der Waals surface area contributed by atoms with Crippen LogP contribution in [-0.4, -0.2) is 33.0 Å². The summed E-state index contributed by atoms with van der Waals surface area (Å²) >= 11 is 0. The number of nitrogen functional groups attached to an aromatic ring is 1. The molecule has 5 heterocycles. The summed E-state index contributed by atoms with van der Waals surface area (Å²) < 4.78 is 13.7. The maximum absolute atomic E-state index is 6.23. The van der Waals surface area contributed by atoms with E-state index >= 15 is 0 Å². The summed E-state index contributed by atoms with van der Waals surface area (Å²) in [4.78, 5) is 8.61. The second-order valence-corrected chi connectivity index (χ2v) is 7.87. The lowest BCUT2D eigenvalue weighted by Gasteiger charge is -2.22. The van der Waals surface area contributed by atoms with E-state index in [2.05, 4.69) is 21.3 Å². The molecule has 4 aromatic heterocycles. The van der Waals surface area contributed by atoms with Gasteiger partial charge < -0.3 is 14.9 Å². The Hall–Kier alpha value is -3.71. The molecular weight excluding hydrogens is 390 g/mol. The van der Waals surface area contributed by atoms with Gasteiger partial charge in [0, 0.05) is 65.5 Å². The topological polar surface area (TPSA) is 92.0 Å². The summed E-state index contributed by atoms with van der Waals surface area (Å²) in [5.74, 6) is 1.13. The molecule has 2 N–H and O–H groups in total. The van der Waals surface area contributed by atoms with E-state index in [-0.39, 0.29) is 0 Å². The molecule has 7 heteroatoms. The number of hydrogen-bond acceptors (Lipinski definition) is 6. The smallest absolute Gasteiger partial charge is 0.177 e. The molecule has 1 saturated heterocycles. The minimum absolute atomic E-state index is 0.365. The maximum Gasteiger partial charge on any atom is 0.177 e. The SMILES string of the molecule is Nc1ncc(-c2cnn(C3CCOCC3)c2)c2cc(-c3cccc4cnccc34)oc12. The molecule has 0 unspecified atom stereocenters. The number of pyridine rings is 2. The van der Waals surface area contributed by atoms with Crippen LogP contribution >= 0.6 is 0 Å². The minimum atomic E-state index is 0.365. The van der Waals surface area contributed by atoms with Gasteiger partial charge in [-0.15, -0.1) is 0 Å². The van der Waals surface area contributed by atoms with E-state index in [0.717, 1.165) is 64.7 Å². The Labute approximate surface area is 178 Å². The maximum atomic E-state index is 6.23. The summed E-state index contributed by atoms with van der Waals surface area (Å²) in [6, 6.07) is 10.5. The fourth-order valence-electron chi connectivity index (χ4n) is 4.37. The first-order valence-corrected chi connectivity index (χ1v) is 10.4. The van der Waals surface area contributed by atoms with Crippen molar-refractivity contribution in [2.75, 3.05) is 18.9 Å². The average Bonchev–Trinajstić information content (AvgIpc) is 3.48. The van der Waals surface area contributed by atoms with Crippen LogP contribution in [0.4, 0.5) is 5.82 Å². The van der Waals surface area contributed by atoms with Gasteiger partial charge in [0.1, 0.15) is 5.76 Å². The molecule has 5 aromatic rings. The van der Waals surface area contributed by atoms with Crippen molar-refractivity contribution < 1.29 is 9.15 Å². The average molecular weight is 411 g/mol. The predicted molar refractivity (Wildman–Crippen MR) is 119 cm³/mol. The predicted octanol–water partition coefficient (Wildman–Crippen LogP) is 4.84. The van der Waals surface area contributed by atoms with Gasteiger partial charge in [-0.1, -0.05) is 18.2 Å². The number of nitrogens with zero attached hydrogens (tertiary/aromatic N) is 4. The summed E-state index contributed by atoms with van der Waals surface area (Å²) in [6.07, 6.45) is 11.4. The second-order valence-electron chi connectivity index (χ2n) is 7.87. The molecule has 31 heavy (non-hydrogen) atoms. The Morgan fingerprint density at radius 1 is 1.00 bits per heavy atom. The van der Waals surface area contributed by atoms with Crippen molar-refractivity contribution in [1.82, 2.24) is 19.7 Å². The zero-order chi connectivity index (χ0) is 20.8. The van der Waals surface area contributed by atoms with Crippen LogP contribution in [0.15, 0.2) is 65.7 Å². The Morgan fingerprint density at radius 3 is 2.81 bits per heavy atom. The molecule has 1 fully saturated rings. The number of hydrogen-bond donors (Lipinski definition) is 1. The highest BCUT2D eigenvalue weighted by atomic mass is 16.5. The highest BCUT2D eigenvalue weighted by molar-refractivity contribution is 6.03. The van der Waals surface area contributed by atoms with Crippen molar-refractivity contribution >= 4 is 27.6 Å². The number of rotatable bonds is 3. The Bertz CT molecular complexity index is 1390. The van der Waals surface area contributed by atoms with Crippen LogP contribution in [0.25, 0.3) is 44.2 Å². The van der Waals surface area contributed by atoms with E-state index in [9.17, 15) is 0 Å². The number of ether oxygens (including phenoxy) is 1. The van der Waals surface area contributed by atoms with Crippen molar-refractivity contribution in [3.63, 3.8) is 0 Å². The van der Waals surface area contributed by atoms with E-state index in [1.807, 2.05) is 47.4 Å². The van der Waals surface area contributed by atoms with Crippen molar-refractivity contribution in [3.05, 3.63) is 61.3 Å². The number of benzene rings is 1. The summed E-state index contributed by atoms with van der Waals surface area (Å²) in [5, 5.41) is 7.69. The monoisotopic (exact) mass is 411 g/mol. The van der Waals surface area contributed by atoms with Crippen molar-refractivity contribution in [1.29, 1.82) is 0 Å². The first-order valence-electron chi connectivity index (χ1n) is 10.4. The molecule has 154 valence electrons. The number of fused-ring (bicyclic) bond motifs is 2. The molecule has 0 bridgehead atoms. The van der Waals surface area contributed by atoms with Gasteiger partial charge in [0.05, 0.1) is 12.2 Å². The van der Waals surface area contributed by atoms with Crippen molar-refractivity contribution in [3.8, 4) is 22.5 Å². The molecule has 1 aromatic carbocycles. The second kappa shape index (κ2) is 7.21. The molecule has 0 aliphatic carbocycles. The number of anilines is 1. The lowest BCUT2D eigenvalue weighted by molar-refractivity contribution is 0.0662. The molecule has 1 aliphatic heterocycles. The van der Waals surface area contributed by atoms with Crippen LogP contribution in [0.2, 0.25) is 0 Å². The normalized spacial score (nSPS) is 15.1. The van der Waals surface area contributed by atoms with Gasteiger partial charge in [-0.2, -0.15) is 5.10 Å². The third kappa shape index (κ3) is 3.05. The molecule has 0 spiro atoms. The van der Waals surface area contributed by atoms with E-state index in [1.54, 1.807) is 12.4 Å². The molecule has 1 aliphatic rings. The molecular formula is C24H21N5O2. The molecule has 6 rings (SSSR count). The first-order chi connectivity index (χ1) is 15.3. The first kappa shape index (κ1) is 18.1. The third-order valence-electron chi connectivity index (χ3n) is 6.01. The van der Waals surface area contributed by atoms with Crippen LogP contribution in [0.1, 0.15) is 18.9 Å². The number of aromatic nitrogens is 4. The Kier molecular flexibility index (Phi) is 4.21.